The maximum atomic E-state index is 13.9. The van der Waals surface area contributed by atoms with Gasteiger partial charge in [-0.25, -0.2) is 4.79 Å². The predicted octanol–water partition coefficient (Wildman–Crippen LogP) is 6.99. The van der Waals surface area contributed by atoms with Gasteiger partial charge in [-0.3, -0.25) is 29.4 Å². The van der Waals surface area contributed by atoms with Gasteiger partial charge in [0.15, 0.2) is 29.6 Å². The molecule has 5 aromatic rings. The number of para-hydroxylation sites is 2. The lowest BCUT2D eigenvalue weighted by molar-refractivity contribution is -0.142. The number of methoxy groups -OCH3 is 3. The van der Waals surface area contributed by atoms with Gasteiger partial charge in [0.1, 0.15) is 19.0 Å². The zero-order valence-corrected chi connectivity index (χ0v) is 32.0. The molecule has 292 valence electrons. The quantitative estimate of drug-likeness (QED) is 0.130. The van der Waals surface area contributed by atoms with Crippen LogP contribution in [0.25, 0.3) is 0 Å². The van der Waals surface area contributed by atoms with Gasteiger partial charge in [0.2, 0.25) is 0 Å². The number of hydrogen-bond acceptors (Lipinski definition) is 11. The second kappa shape index (κ2) is 15.1. The van der Waals surface area contributed by atoms with Gasteiger partial charge in [0, 0.05) is 48.8 Å². The summed E-state index contributed by atoms with van der Waals surface area (Å²) >= 11 is 0. The van der Waals surface area contributed by atoms with Crippen LogP contribution in [0.3, 0.4) is 0 Å². The van der Waals surface area contributed by atoms with Gasteiger partial charge < -0.3 is 28.4 Å². The van der Waals surface area contributed by atoms with E-state index in [-0.39, 0.29) is 43.7 Å². The largest absolute Gasteiger partial charge is 0.493 e. The predicted molar refractivity (Wildman–Crippen MR) is 216 cm³/mol. The van der Waals surface area contributed by atoms with Crippen molar-refractivity contribution in [2.75, 3.05) is 37.7 Å². The van der Waals surface area contributed by atoms with E-state index in [4.69, 9.17) is 38.4 Å². The Morgan fingerprint density at radius 3 is 1.57 bits per heavy atom. The van der Waals surface area contributed by atoms with Gasteiger partial charge in [-0.2, -0.15) is 0 Å². The molecule has 0 aliphatic carbocycles. The molecular weight excluding hydrogens is 741 g/mol. The Bertz CT molecular complexity index is 2390. The summed E-state index contributed by atoms with van der Waals surface area (Å²) in [5.74, 6) is 1.04. The number of hydrogen-bond donors (Lipinski definition) is 0. The van der Waals surface area contributed by atoms with Crippen molar-refractivity contribution < 1.29 is 42.8 Å². The minimum atomic E-state index is -0.540. The highest BCUT2D eigenvalue weighted by Crippen LogP contribution is 2.43. The van der Waals surface area contributed by atoms with Crippen molar-refractivity contribution in [1.82, 2.24) is 0 Å². The fourth-order valence-corrected chi connectivity index (χ4v) is 7.88. The molecule has 58 heavy (non-hydrogen) atoms. The fraction of sp³-hybridized carbons (Fsp3) is 0.222. The Kier molecular flexibility index (Phi) is 9.48. The molecule has 0 spiro atoms. The molecule has 2 unspecified atom stereocenters. The Hall–Kier alpha value is -7.15. The summed E-state index contributed by atoms with van der Waals surface area (Å²) in [5.41, 5.74) is 7.10. The molecule has 0 aromatic heterocycles. The molecule has 13 nitrogen and oxygen atoms in total. The standard InChI is InChI=1S/C45H38N4O9/c1-53-39-17-33-35(46-21-30-15-28-8-4-6-10-37(28)48(30)44(33)51)19-41(39)57-23-26-12-27(14-32(13-26)56-25-43(50)55-3)24-58-42-20-36-34(18-40(42)54-2)45(52)49-31(22-47-36)16-29-9-5-7-11-38(29)49/h4-14,17-22,30-31H,15-16,23-25H2,1-3H3. The number of ether oxygens (including phenoxy) is 6. The van der Waals surface area contributed by atoms with Gasteiger partial charge in [0.05, 0.1) is 55.9 Å². The van der Waals surface area contributed by atoms with Crippen LogP contribution in [0.2, 0.25) is 0 Å². The van der Waals surface area contributed by atoms with Crippen molar-refractivity contribution in [1.29, 1.82) is 0 Å². The first kappa shape index (κ1) is 36.5. The van der Waals surface area contributed by atoms with E-state index in [2.05, 4.69) is 0 Å². The fourth-order valence-electron chi connectivity index (χ4n) is 7.88. The minimum Gasteiger partial charge on any atom is -0.493 e. The second-order valence-corrected chi connectivity index (χ2v) is 14.2. The van der Waals surface area contributed by atoms with Gasteiger partial charge in [-0.15, -0.1) is 0 Å². The normalized spacial score (nSPS) is 16.9. The molecule has 2 amide bonds. The van der Waals surface area contributed by atoms with Crippen LogP contribution in [0.4, 0.5) is 22.7 Å². The Balaban J connectivity index is 0.963. The SMILES string of the molecule is COC(=O)COc1cc(COc2cc3c(cc2OC)C(=O)N2c4ccccc4CC2C=N3)cc(COc2cc3c(cc2OC)C(=O)N2c4ccccc4CC2C=N3)c1. The van der Waals surface area contributed by atoms with E-state index in [1.165, 1.54) is 21.3 Å². The molecule has 0 radical (unpaired) electrons. The van der Waals surface area contributed by atoms with E-state index in [1.807, 2.05) is 54.6 Å². The summed E-state index contributed by atoms with van der Waals surface area (Å²) in [4.78, 5) is 52.8. The zero-order chi connectivity index (χ0) is 39.9. The molecule has 0 bridgehead atoms. The summed E-state index contributed by atoms with van der Waals surface area (Å²) in [6.45, 7) is -0.171. The van der Waals surface area contributed by atoms with E-state index in [0.717, 1.165) is 22.5 Å². The first-order valence-electron chi connectivity index (χ1n) is 18.7. The van der Waals surface area contributed by atoms with E-state index >= 15 is 0 Å². The highest BCUT2D eigenvalue weighted by atomic mass is 16.6. The van der Waals surface area contributed by atoms with Crippen LogP contribution in [0.15, 0.2) is 101 Å². The number of fused-ring (bicyclic) bond motifs is 8. The molecule has 4 aliphatic heterocycles. The smallest absolute Gasteiger partial charge is 0.343 e. The van der Waals surface area contributed by atoms with Gasteiger partial charge >= 0.3 is 5.97 Å². The molecule has 2 atom stereocenters. The van der Waals surface area contributed by atoms with Crippen LogP contribution in [-0.2, 0) is 35.6 Å². The number of amides is 2. The molecular formula is C45H38N4O9. The number of carbonyl (C=O) groups excluding carboxylic acids is 3. The number of esters is 1. The number of aliphatic imine (C=N–C) groups is 2. The van der Waals surface area contributed by atoms with E-state index in [9.17, 15) is 14.4 Å². The van der Waals surface area contributed by atoms with Crippen LogP contribution in [0, 0.1) is 0 Å². The number of rotatable bonds is 11. The van der Waals surface area contributed by atoms with E-state index in [1.54, 1.807) is 58.6 Å². The number of carbonyl (C=O) groups is 3. The van der Waals surface area contributed by atoms with Gasteiger partial charge in [-0.05, 0) is 64.7 Å². The minimum absolute atomic E-state index is 0.0666. The summed E-state index contributed by atoms with van der Waals surface area (Å²) in [5, 5.41) is 0. The number of anilines is 2. The lowest BCUT2D eigenvalue weighted by Crippen LogP contribution is -2.37. The average molecular weight is 779 g/mol. The molecule has 4 aliphatic rings. The monoisotopic (exact) mass is 778 g/mol. The molecule has 0 saturated heterocycles. The summed E-state index contributed by atoms with van der Waals surface area (Å²) < 4.78 is 34.6. The van der Waals surface area contributed by atoms with Crippen LogP contribution >= 0.6 is 0 Å². The second-order valence-electron chi connectivity index (χ2n) is 14.2. The van der Waals surface area contributed by atoms with Crippen molar-refractivity contribution in [3.05, 3.63) is 124 Å². The van der Waals surface area contributed by atoms with Gasteiger partial charge in [-0.1, -0.05) is 36.4 Å². The lowest BCUT2D eigenvalue weighted by Gasteiger charge is -2.22. The molecule has 0 N–H and O–H groups in total. The molecule has 4 heterocycles. The van der Waals surface area contributed by atoms with E-state index in [0.29, 0.717) is 75.2 Å². The number of benzene rings is 5. The molecule has 0 saturated carbocycles. The highest BCUT2D eigenvalue weighted by molar-refractivity contribution is 6.15. The molecule has 9 rings (SSSR count). The van der Waals surface area contributed by atoms with Crippen molar-refractivity contribution in [3.63, 3.8) is 0 Å². The third-order valence-corrected chi connectivity index (χ3v) is 10.7. The maximum absolute atomic E-state index is 13.9. The Morgan fingerprint density at radius 2 is 1.10 bits per heavy atom. The van der Waals surface area contributed by atoms with Gasteiger partial charge in [0.25, 0.3) is 11.8 Å². The van der Waals surface area contributed by atoms with Crippen LogP contribution in [0.5, 0.6) is 28.7 Å². The van der Waals surface area contributed by atoms with Crippen LogP contribution < -0.4 is 33.5 Å². The average Bonchev–Trinajstić information content (AvgIpc) is 3.74. The van der Waals surface area contributed by atoms with Crippen LogP contribution in [-0.4, -0.2) is 70.2 Å². The molecule has 5 aromatic carbocycles. The summed E-state index contributed by atoms with van der Waals surface area (Å²) in [6, 6.07) is 27.5. The first-order chi connectivity index (χ1) is 28.3. The molecule has 13 heteroatoms. The summed E-state index contributed by atoms with van der Waals surface area (Å²) in [7, 11) is 4.33. The van der Waals surface area contributed by atoms with Crippen molar-refractivity contribution in [3.8, 4) is 28.7 Å². The Labute approximate surface area is 334 Å². The van der Waals surface area contributed by atoms with Crippen molar-refractivity contribution >= 4 is 53.0 Å². The lowest BCUT2D eigenvalue weighted by atomic mass is 10.1. The highest BCUT2D eigenvalue weighted by Gasteiger charge is 2.38. The van der Waals surface area contributed by atoms with Crippen molar-refractivity contribution in [2.24, 2.45) is 9.98 Å². The van der Waals surface area contributed by atoms with Crippen LogP contribution in [0.1, 0.15) is 43.0 Å². The van der Waals surface area contributed by atoms with E-state index < -0.39 is 5.97 Å². The summed E-state index contributed by atoms with van der Waals surface area (Å²) in [6.07, 6.45) is 4.98. The molecule has 0 fully saturated rings. The third-order valence-electron chi connectivity index (χ3n) is 10.7. The Morgan fingerprint density at radius 1 is 0.621 bits per heavy atom. The maximum Gasteiger partial charge on any atom is 0.343 e. The number of nitrogens with zero attached hydrogens (tertiary/aromatic N) is 4. The van der Waals surface area contributed by atoms with Crippen molar-refractivity contribution in [2.45, 2.75) is 38.1 Å². The third kappa shape index (κ3) is 6.63. The first-order valence-corrected chi connectivity index (χ1v) is 18.7. The topological polar surface area (TPSA) is 138 Å². The zero-order valence-electron chi connectivity index (χ0n) is 32.0.